The van der Waals surface area contributed by atoms with E-state index in [0.29, 0.717) is 0 Å². The monoisotopic (exact) mass is 353 g/mol. The highest BCUT2D eigenvalue weighted by Crippen LogP contribution is 2.41. The molecule has 1 saturated heterocycles. The summed E-state index contributed by atoms with van der Waals surface area (Å²) in [5.41, 5.74) is 2.98. The van der Waals surface area contributed by atoms with Crippen LogP contribution in [0.5, 0.6) is 0 Å². The highest BCUT2D eigenvalue weighted by molar-refractivity contribution is 7.12. The lowest BCUT2D eigenvalue weighted by molar-refractivity contribution is 0.126. The molecule has 0 spiro atoms. The fourth-order valence-corrected chi connectivity index (χ4v) is 5.73. The number of likely N-dealkylation sites (tertiary alicyclic amines) is 1. The van der Waals surface area contributed by atoms with Crippen molar-refractivity contribution in [2.24, 2.45) is 0 Å². The van der Waals surface area contributed by atoms with E-state index in [1.54, 1.807) is 4.88 Å². The molecule has 2 aromatic rings. The van der Waals surface area contributed by atoms with Crippen LogP contribution in [0.15, 0.2) is 30.3 Å². The molecule has 2 aliphatic carbocycles. The molecule has 2 fully saturated rings. The number of nitrogens with one attached hydrogen (secondary N) is 1. The molecule has 1 N–H and O–H groups in total. The maximum Gasteiger partial charge on any atom is 0.113 e. The molecular formula is C21H27N3S. The zero-order valence-corrected chi connectivity index (χ0v) is 15.7. The van der Waals surface area contributed by atoms with Crippen molar-refractivity contribution in [3.8, 4) is 0 Å². The van der Waals surface area contributed by atoms with Crippen LogP contribution in [0.4, 0.5) is 0 Å². The van der Waals surface area contributed by atoms with Gasteiger partial charge in [-0.15, -0.1) is 11.3 Å². The van der Waals surface area contributed by atoms with Gasteiger partial charge in [-0.1, -0.05) is 30.3 Å². The van der Waals surface area contributed by atoms with Crippen molar-refractivity contribution in [3.63, 3.8) is 0 Å². The lowest BCUT2D eigenvalue weighted by Gasteiger charge is -2.41. The Kier molecular flexibility index (Phi) is 4.15. The van der Waals surface area contributed by atoms with Gasteiger partial charge >= 0.3 is 0 Å². The highest BCUT2D eigenvalue weighted by Gasteiger charge is 2.43. The molecule has 0 amide bonds. The van der Waals surface area contributed by atoms with Crippen LogP contribution < -0.4 is 5.32 Å². The second-order valence-electron chi connectivity index (χ2n) is 8.00. The predicted molar refractivity (Wildman–Crippen MR) is 103 cm³/mol. The Bertz CT molecular complexity index is 705. The van der Waals surface area contributed by atoms with E-state index in [4.69, 9.17) is 4.98 Å². The van der Waals surface area contributed by atoms with Crippen molar-refractivity contribution in [2.45, 2.75) is 63.1 Å². The van der Waals surface area contributed by atoms with Crippen molar-refractivity contribution in [1.82, 2.24) is 15.2 Å². The third-order valence-corrected chi connectivity index (χ3v) is 7.38. The molecule has 1 aromatic carbocycles. The van der Waals surface area contributed by atoms with Gasteiger partial charge in [0.1, 0.15) is 5.01 Å². The lowest BCUT2D eigenvalue weighted by atomic mass is 9.87. The molecule has 25 heavy (non-hydrogen) atoms. The number of hydrogen-bond donors (Lipinski definition) is 1. The van der Waals surface area contributed by atoms with Gasteiger partial charge in [0, 0.05) is 30.6 Å². The molecule has 3 aliphatic rings. The zero-order chi connectivity index (χ0) is 16.7. The first-order valence-electron chi connectivity index (χ1n) is 9.84. The number of aromatic nitrogens is 1. The second kappa shape index (κ2) is 6.49. The van der Waals surface area contributed by atoms with Gasteiger partial charge in [0.25, 0.3) is 0 Å². The second-order valence-corrected chi connectivity index (χ2v) is 9.09. The van der Waals surface area contributed by atoms with E-state index in [0.717, 1.165) is 12.6 Å². The first-order valence-corrected chi connectivity index (χ1v) is 10.7. The van der Waals surface area contributed by atoms with Crippen LogP contribution in [0, 0.1) is 0 Å². The summed E-state index contributed by atoms with van der Waals surface area (Å²) >= 11 is 2.01. The maximum absolute atomic E-state index is 5.11. The largest absolute Gasteiger partial charge is 0.303 e. The normalized spacial score (nSPS) is 22.9. The van der Waals surface area contributed by atoms with E-state index in [9.17, 15) is 0 Å². The van der Waals surface area contributed by atoms with Gasteiger partial charge in [-0.25, -0.2) is 4.98 Å². The molecule has 0 bridgehead atoms. The first-order chi connectivity index (χ1) is 12.3. The van der Waals surface area contributed by atoms with Crippen molar-refractivity contribution >= 4 is 11.3 Å². The Morgan fingerprint density at radius 2 is 1.92 bits per heavy atom. The fraction of sp³-hybridized carbons (Fsp3) is 0.571. The van der Waals surface area contributed by atoms with E-state index < -0.39 is 0 Å². The lowest BCUT2D eigenvalue weighted by Crippen LogP contribution is -2.51. The average Bonchev–Trinajstić information content (AvgIpc) is 3.17. The quantitative estimate of drug-likeness (QED) is 0.884. The van der Waals surface area contributed by atoms with Crippen LogP contribution in [-0.2, 0) is 24.9 Å². The van der Waals surface area contributed by atoms with Gasteiger partial charge in [0.2, 0.25) is 0 Å². The number of nitrogens with zero attached hydrogens (tertiary/aromatic N) is 2. The minimum atomic E-state index is 0.142. The molecule has 5 rings (SSSR count). The zero-order valence-electron chi connectivity index (χ0n) is 14.8. The number of aryl methyl sites for hydroxylation is 2. The van der Waals surface area contributed by atoms with Crippen molar-refractivity contribution in [3.05, 3.63) is 51.5 Å². The van der Waals surface area contributed by atoms with Crippen LogP contribution in [0.2, 0.25) is 0 Å². The standard InChI is InChI=1S/C21H27N3S/c1-2-5-16(6-3-1)15-24-13-11-21(12-14-24,23-17-9-10-17)20-22-18-7-4-8-19(18)25-20/h1-3,5-6,17,23H,4,7-15H2. The Morgan fingerprint density at radius 3 is 2.64 bits per heavy atom. The van der Waals surface area contributed by atoms with E-state index in [1.807, 2.05) is 11.3 Å². The molecule has 4 heteroatoms. The number of piperidine rings is 1. The number of thiazole rings is 1. The van der Waals surface area contributed by atoms with E-state index in [1.165, 1.54) is 74.3 Å². The van der Waals surface area contributed by atoms with E-state index in [-0.39, 0.29) is 5.54 Å². The Hall–Kier alpha value is -1.23. The summed E-state index contributed by atoms with van der Waals surface area (Å²) < 4.78 is 0. The number of hydrogen-bond acceptors (Lipinski definition) is 4. The third kappa shape index (κ3) is 3.27. The SMILES string of the molecule is c1ccc(CN2CCC(NC3CC3)(c3nc4c(s3)CCC4)CC2)cc1. The van der Waals surface area contributed by atoms with Gasteiger partial charge in [-0.3, -0.25) is 4.90 Å². The van der Waals surface area contributed by atoms with Gasteiger partial charge in [0.15, 0.2) is 0 Å². The molecule has 1 aliphatic heterocycles. The maximum atomic E-state index is 5.11. The molecule has 3 nitrogen and oxygen atoms in total. The first kappa shape index (κ1) is 16.0. The van der Waals surface area contributed by atoms with E-state index >= 15 is 0 Å². The minimum Gasteiger partial charge on any atom is -0.303 e. The number of fused-ring (bicyclic) bond motifs is 1. The molecule has 2 heterocycles. The minimum absolute atomic E-state index is 0.142. The Labute approximate surface area is 154 Å². The smallest absolute Gasteiger partial charge is 0.113 e. The Morgan fingerprint density at radius 1 is 1.12 bits per heavy atom. The molecule has 132 valence electrons. The molecule has 1 aromatic heterocycles. The van der Waals surface area contributed by atoms with Crippen molar-refractivity contribution < 1.29 is 0 Å². The van der Waals surface area contributed by atoms with Crippen molar-refractivity contribution in [2.75, 3.05) is 13.1 Å². The third-order valence-electron chi connectivity index (χ3n) is 6.02. The summed E-state index contributed by atoms with van der Waals surface area (Å²) in [5.74, 6) is 0. The summed E-state index contributed by atoms with van der Waals surface area (Å²) in [6, 6.07) is 11.6. The average molecular weight is 354 g/mol. The van der Waals surface area contributed by atoms with Gasteiger partial charge < -0.3 is 5.32 Å². The topological polar surface area (TPSA) is 28.2 Å². The molecular weight excluding hydrogens is 326 g/mol. The summed E-state index contributed by atoms with van der Waals surface area (Å²) in [6.07, 6.45) is 8.85. The fourth-order valence-electron chi connectivity index (χ4n) is 4.37. The molecule has 0 unspecified atom stereocenters. The Balaban J connectivity index is 1.32. The summed E-state index contributed by atoms with van der Waals surface area (Å²) in [7, 11) is 0. The summed E-state index contributed by atoms with van der Waals surface area (Å²) in [4.78, 5) is 9.30. The van der Waals surface area contributed by atoms with Gasteiger partial charge in [-0.05, 0) is 50.5 Å². The van der Waals surface area contributed by atoms with Crippen LogP contribution in [0.25, 0.3) is 0 Å². The highest BCUT2D eigenvalue weighted by atomic mass is 32.1. The molecule has 0 radical (unpaired) electrons. The summed E-state index contributed by atoms with van der Waals surface area (Å²) in [6.45, 7) is 3.41. The van der Waals surface area contributed by atoms with Crippen LogP contribution in [0.3, 0.4) is 0 Å². The number of rotatable bonds is 5. The molecule has 0 atom stereocenters. The number of benzene rings is 1. The van der Waals surface area contributed by atoms with Crippen LogP contribution in [0.1, 0.15) is 53.2 Å². The van der Waals surface area contributed by atoms with Crippen LogP contribution in [-0.4, -0.2) is 29.0 Å². The van der Waals surface area contributed by atoms with Gasteiger partial charge in [0.05, 0.1) is 11.2 Å². The van der Waals surface area contributed by atoms with Gasteiger partial charge in [-0.2, -0.15) is 0 Å². The summed E-state index contributed by atoms with van der Waals surface area (Å²) in [5, 5.41) is 5.41. The van der Waals surface area contributed by atoms with Crippen molar-refractivity contribution in [1.29, 1.82) is 0 Å². The van der Waals surface area contributed by atoms with E-state index in [2.05, 4.69) is 40.5 Å². The molecule has 1 saturated carbocycles. The predicted octanol–water partition coefficient (Wildman–Crippen LogP) is 3.88. The van der Waals surface area contributed by atoms with Crippen LogP contribution >= 0.6 is 11.3 Å².